The summed E-state index contributed by atoms with van der Waals surface area (Å²) >= 11 is 0. The van der Waals surface area contributed by atoms with Crippen molar-refractivity contribution >= 4 is 23.7 Å². The van der Waals surface area contributed by atoms with Crippen LogP contribution < -0.4 is 0 Å². The van der Waals surface area contributed by atoms with Gasteiger partial charge in [-0.3, -0.25) is 19.2 Å². The molecule has 0 radical (unpaired) electrons. The van der Waals surface area contributed by atoms with Crippen molar-refractivity contribution in [3.63, 3.8) is 0 Å². The minimum Gasteiger partial charge on any atom is -0.466 e. The van der Waals surface area contributed by atoms with Crippen LogP contribution in [-0.4, -0.2) is 64.9 Å². The summed E-state index contributed by atoms with van der Waals surface area (Å²) in [7, 11) is 0. The maximum Gasteiger partial charge on any atom is 0.302 e. The molecule has 0 aromatic heterocycles. The van der Waals surface area contributed by atoms with Crippen LogP contribution in [0.25, 0.3) is 0 Å². The zero-order valence-corrected chi connectivity index (χ0v) is 26.5. The maximum atomic E-state index is 13.7. The minimum absolute atomic E-state index is 0.0204. The standard InChI is InChI=1S/C33H52O9/c1-17(16-40-19(3)34)12-27(37)31(39)18(2)30-28(42-21(5)36)14-26-24-9-8-22-13-23(41-20(4)35)10-11-32(22,6)25(24)15-29(38)33(26,30)7/h17-18,22-30,37-38H,8-16H2,1-7H3/t17-,18-,22+,23+,24-,25+,26+,27-,28+,29-,30+,32+,33-/m1/s1. The first-order valence-corrected chi connectivity index (χ1v) is 16.0. The first-order chi connectivity index (χ1) is 19.6. The molecule has 238 valence electrons. The first-order valence-electron chi connectivity index (χ1n) is 16.0. The van der Waals surface area contributed by atoms with Crippen molar-refractivity contribution in [3.05, 3.63) is 0 Å². The van der Waals surface area contributed by atoms with Crippen molar-refractivity contribution in [2.45, 2.75) is 124 Å². The lowest BCUT2D eigenvalue weighted by Gasteiger charge is -2.62. The lowest BCUT2D eigenvalue weighted by Crippen LogP contribution is -2.59. The molecular weight excluding hydrogens is 540 g/mol. The van der Waals surface area contributed by atoms with Crippen molar-refractivity contribution in [1.82, 2.24) is 0 Å². The number of ketones is 1. The molecule has 4 aliphatic carbocycles. The Morgan fingerprint density at radius 2 is 1.55 bits per heavy atom. The molecule has 2 N–H and O–H groups in total. The normalized spacial score (nSPS) is 41.3. The smallest absolute Gasteiger partial charge is 0.302 e. The van der Waals surface area contributed by atoms with Gasteiger partial charge in [0.15, 0.2) is 5.78 Å². The fraction of sp³-hybridized carbons (Fsp3) is 0.879. The topological polar surface area (TPSA) is 136 Å². The van der Waals surface area contributed by atoms with Crippen LogP contribution in [0.1, 0.15) is 99.8 Å². The van der Waals surface area contributed by atoms with Gasteiger partial charge in [-0.1, -0.05) is 27.7 Å². The Morgan fingerprint density at radius 3 is 2.17 bits per heavy atom. The fourth-order valence-electron chi connectivity index (χ4n) is 10.1. The van der Waals surface area contributed by atoms with E-state index >= 15 is 0 Å². The summed E-state index contributed by atoms with van der Waals surface area (Å²) in [5, 5.41) is 22.9. The SMILES string of the molecule is CC(=O)OC[C@H](C)C[C@@H](O)C(=O)[C@H](C)[C@H]1[C@@H](OC(C)=O)C[C@H]2[C@@H]3CC[C@H]4C[C@@H](OC(C)=O)CC[C@]4(C)[C@H]3C[C@@H](O)[C@]12C. The summed E-state index contributed by atoms with van der Waals surface area (Å²) in [6, 6.07) is 0. The molecular formula is C33H52O9. The van der Waals surface area contributed by atoms with Crippen LogP contribution in [0.4, 0.5) is 0 Å². The highest BCUT2D eigenvalue weighted by Gasteiger charge is 2.67. The molecule has 0 unspecified atom stereocenters. The van der Waals surface area contributed by atoms with Gasteiger partial charge in [-0.15, -0.1) is 0 Å². The van der Waals surface area contributed by atoms with Gasteiger partial charge in [0, 0.05) is 38.0 Å². The average Bonchev–Trinajstić information content (AvgIpc) is 3.19. The molecule has 0 aromatic carbocycles. The predicted octanol–water partition coefficient (Wildman–Crippen LogP) is 4.24. The number of rotatable bonds is 9. The number of aliphatic hydroxyl groups is 2. The van der Waals surface area contributed by atoms with Crippen LogP contribution in [0, 0.1) is 52.3 Å². The first kappa shape index (κ1) is 32.9. The monoisotopic (exact) mass is 592 g/mol. The Bertz CT molecular complexity index is 1040. The van der Waals surface area contributed by atoms with Crippen molar-refractivity contribution in [2.75, 3.05) is 6.61 Å². The van der Waals surface area contributed by atoms with Crippen LogP contribution in [0.2, 0.25) is 0 Å². The summed E-state index contributed by atoms with van der Waals surface area (Å²) < 4.78 is 16.5. The highest BCUT2D eigenvalue weighted by molar-refractivity contribution is 5.85. The molecule has 0 spiro atoms. The Labute approximate surface area is 250 Å². The zero-order valence-electron chi connectivity index (χ0n) is 26.5. The van der Waals surface area contributed by atoms with Crippen molar-refractivity contribution in [2.24, 2.45) is 52.3 Å². The number of ether oxygens (including phenoxy) is 3. The molecule has 9 heteroatoms. The van der Waals surface area contributed by atoms with Gasteiger partial charge in [-0.25, -0.2) is 0 Å². The Balaban J connectivity index is 1.57. The van der Waals surface area contributed by atoms with Crippen LogP contribution in [-0.2, 0) is 33.4 Å². The van der Waals surface area contributed by atoms with Crippen molar-refractivity contribution in [1.29, 1.82) is 0 Å². The molecule has 0 aromatic rings. The van der Waals surface area contributed by atoms with E-state index in [-0.39, 0.29) is 54.1 Å². The third kappa shape index (κ3) is 6.15. The number of hydrogen-bond acceptors (Lipinski definition) is 9. The molecule has 4 aliphatic rings. The van der Waals surface area contributed by atoms with Gasteiger partial charge >= 0.3 is 17.9 Å². The van der Waals surface area contributed by atoms with Crippen LogP contribution in [0.3, 0.4) is 0 Å². The number of hydrogen-bond donors (Lipinski definition) is 2. The Morgan fingerprint density at radius 1 is 0.881 bits per heavy atom. The summed E-state index contributed by atoms with van der Waals surface area (Å²) in [6.45, 7) is 12.3. The highest BCUT2D eigenvalue weighted by atomic mass is 16.5. The second-order valence-corrected chi connectivity index (χ2v) is 14.5. The Kier molecular flexibility index (Phi) is 9.83. The quantitative estimate of drug-likeness (QED) is 0.297. The van der Waals surface area contributed by atoms with E-state index in [1.807, 2.05) is 6.92 Å². The van der Waals surface area contributed by atoms with Gasteiger partial charge in [-0.05, 0) is 86.4 Å². The number of fused-ring (bicyclic) bond motifs is 5. The molecule has 0 bridgehead atoms. The summed E-state index contributed by atoms with van der Waals surface area (Å²) in [5.74, 6) is -1.56. The number of carbonyl (C=O) groups excluding carboxylic acids is 4. The van der Waals surface area contributed by atoms with Crippen LogP contribution in [0.15, 0.2) is 0 Å². The summed E-state index contributed by atoms with van der Waals surface area (Å²) in [4.78, 5) is 48.8. The highest BCUT2D eigenvalue weighted by Crippen LogP contribution is 2.68. The van der Waals surface area contributed by atoms with E-state index in [9.17, 15) is 29.4 Å². The third-order valence-corrected chi connectivity index (χ3v) is 12.0. The molecule has 0 amide bonds. The van der Waals surface area contributed by atoms with Crippen LogP contribution >= 0.6 is 0 Å². The van der Waals surface area contributed by atoms with Gasteiger partial charge in [0.25, 0.3) is 0 Å². The van der Waals surface area contributed by atoms with Gasteiger partial charge in [0.05, 0.1) is 12.7 Å². The second kappa shape index (κ2) is 12.5. The second-order valence-electron chi connectivity index (χ2n) is 14.5. The summed E-state index contributed by atoms with van der Waals surface area (Å²) in [6.07, 6.45) is 3.49. The van der Waals surface area contributed by atoms with Crippen molar-refractivity contribution < 1.29 is 43.6 Å². The maximum absolute atomic E-state index is 13.7. The summed E-state index contributed by atoms with van der Waals surface area (Å²) in [5.41, 5.74) is -0.635. The minimum atomic E-state index is -1.25. The van der Waals surface area contributed by atoms with Gasteiger partial charge < -0.3 is 24.4 Å². The fourth-order valence-corrected chi connectivity index (χ4v) is 10.1. The van der Waals surface area contributed by atoms with E-state index in [1.54, 1.807) is 6.92 Å². The molecule has 42 heavy (non-hydrogen) atoms. The van der Waals surface area contributed by atoms with Gasteiger partial charge in [0.1, 0.15) is 18.3 Å². The lowest BCUT2D eigenvalue weighted by atomic mass is 9.43. The zero-order chi connectivity index (χ0) is 31.1. The molecule has 0 aliphatic heterocycles. The van der Waals surface area contributed by atoms with E-state index in [4.69, 9.17) is 14.2 Å². The average molecular weight is 593 g/mol. The largest absolute Gasteiger partial charge is 0.466 e. The molecule has 13 atom stereocenters. The van der Waals surface area contributed by atoms with Crippen molar-refractivity contribution in [3.8, 4) is 0 Å². The van der Waals surface area contributed by atoms with E-state index in [0.29, 0.717) is 24.7 Å². The number of esters is 3. The lowest BCUT2D eigenvalue weighted by molar-refractivity contribution is -0.184. The van der Waals surface area contributed by atoms with E-state index in [0.717, 1.165) is 32.1 Å². The Hall–Kier alpha value is -2.00. The number of aliphatic hydroxyl groups excluding tert-OH is 2. The van der Waals surface area contributed by atoms with Crippen LogP contribution in [0.5, 0.6) is 0 Å². The molecule has 4 fully saturated rings. The molecule has 4 saturated carbocycles. The molecule has 0 heterocycles. The van der Waals surface area contributed by atoms with E-state index in [2.05, 4.69) is 13.8 Å². The number of Topliss-reactive ketones (excluding diaryl/α,β-unsaturated/α-hetero) is 1. The third-order valence-electron chi connectivity index (χ3n) is 12.0. The predicted molar refractivity (Wildman–Crippen MR) is 154 cm³/mol. The van der Waals surface area contributed by atoms with E-state index in [1.165, 1.54) is 20.8 Å². The molecule has 9 nitrogen and oxygen atoms in total. The molecule has 4 rings (SSSR count). The number of carbonyl (C=O) groups is 4. The van der Waals surface area contributed by atoms with Gasteiger partial charge in [-0.2, -0.15) is 0 Å². The molecule has 0 saturated heterocycles. The van der Waals surface area contributed by atoms with E-state index < -0.39 is 47.5 Å². The van der Waals surface area contributed by atoms with Gasteiger partial charge in [0.2, 0.25) is 0 Å².